The van der Waals surface area contributed by atoms with Crippen LogP contribution in [0.15, 0.2) is 39.9 Å². The van der Waals surface area contributed by atoms with Gasteiger partial charge in [0.25, 0.3) is 5.56 Å². The standard InChI is InChI=1S/C15H18BrN3O/c1-3-6-17-14-5-4-12(8-18-14)9-19-10-13(16)7-11(2)15(19)20/h4-5,7-8,10H,3,6,9H2,1-2H3,(H,17,18). The molecular formula is C15H18BrN3O. The van der Waals surface area contributed by atoms with Crippen molar-refractivity contribution in [1.82, 2.24) is 9.55 Å². The van der Waals surface area contributed by atoms with E-state index in [1.165, 1.54) is 0 Å². The molecule has 2 heterocycles. The molecule has 0 aliphatic heterocycles. The van der Waals surface area contributed by atoms with Gasteiger partial charge >= 0.3 is 0 Å². The number of nitrogens with one attached hydrogen (secondary N) is 1. The molecule has 0 saturated heterocycles. The summed E-state index contributed by atoms with van der Waals surface area (Å²) in [6, 6.07) is 5.77. The molecule has 0 saturated carbocycles. The number of halogens is 1. The summed E-state index contributed by atoms with van der Waals surface area (Å²) in [6.07, 6.45) is 4.68. The molecule has 0 fully saturated rings. The van der Waals surface area contributed by atoms with Crippen molar-refractivity contribution in [1.29, 1.82) is 0 Å². The monoisotopic (exact) mass is 335 g/mol. The molecule has 0 atom stereocenters. The van der Waals surface area contributed by atoms with Gasteiger partial charge in [-0.15, -0.1) is 0 Å². The van der Waals surface area contributed by atoms with E-state index < -0.39 is 0 Å². The predicted molar refractivity (Wildman–Crippen MR) is 85.3 cm³/mol. The first-order valence-corrected chi connectivity index (χ1v) is 7.45. The van der Waals surface area contributed by atoms with Gasteiger partial charge in [-0.2, -0.15) is 0 Å². The minimum absolute atomic E-state index is 0.0291. The minimum Gasteiger partial charge on any atom is -0.370 e. The molecule has 0 aliphatic rings. The Kier molecular flexibility index (Phi) is 4.95. The molecular weight excluding hydrogens is 318 g/mol. The van der Waals surface area contributed by atoms with E-state index in [9.17, 15) is 4.79 Å². The summed E-state index contributed by atoms with van der Waals surface area (Å²) in [5.41, 5.74) is 1.77. The summed E-state index contributed by atoms with van der Waals surface area (Å²) in [5.74, 6) is 0.869. The zero-order chi connectivity index (χ0) is 14.5. The molecule has 2 aromatic rings. The third-order valence-corrected chi connectivity index (χ3v) is 3.40. The average molecular weight is 336 g/mol. The first-order chi connectivity index (χ1) is 9.60. The summed E-state index contributed by atoms with van der Waals surface area (Å²) in [6.45, 7) is 5.37. The lowest BCUT2D eigenvalue weighted by Crippen LogP contribution is -2.22. The molecule has 106 valence electrons. The van der Waals surface area contributed by atoms with Gasteiger partial charge in [-0.3, -0.25) is 4.79 Å². The highest BCUT2D eigenvalue weighted by molar-refractivity contribution is 9.10. The van der Waals surface area contributed by atoms with Crippen LogP contribution in [-0.2, 0) is 6.54 Å². The van der Waals surface area contributed by atoms with E-state index in [0.717, 1.165) is 34.4 Å². The molecule has 0 amide bonds. The highest BCUT2D eigenvalue weighted by Crippen LogP contribution is 2.10. The van der Waals surface area contributed by atoms with E-state index in [2.05, 4.69) is 33.2 Å². The van der Waals surface area contributed by atoms with Gasteiger partial charge in [0, 0.05) is 29.0 Å². The SMILES string of the molecule is CCCNc1ccc(Cn2cc(Br)cc(C)c2=O)cn1. The number of hydrogen-bond donors (Lipinski definition) is 1. The van der Waals surface area contributed by atoms with Crippen molar-refractivity contribution in [2.75, 3.05) is 11.9 Å². The first-order valence-electron chi connectivity index (χ1n) is 6.65. The van der Waals surface area contributed by atoms with Crippen LogP contribution in [0.3, 0.4) is 0 Å². The van der Waals surface area contributed by atoms with E-state index in [-0.39, 0.29) is 5.56 Å². The van der Waals surface area contributed by atoms with E-state index in [4.69, 9.17) is 0 Å². The zero-order valence-electron chi connectivity index (χ0n) is 11.7. The summed E-state index contributed by atoms with van der Waals surface area (Å²) in [4.78, 5) is 16.4. The summed E-state index contributed by atoms with van der Waals surface area (Å²) >= 11 is 3.42. The number of hydrogen-bond acceptors (Lipinski definition) is 3. The van der Waals surface area contributed by atoms with Gasteiger partial charge in [0.1, 0.15) is 5.82 Å². The van der Waals surface area contributed by atoms with E-state index in [1.54, 1.807) is 17.0 Å². The Balaban J connectivity index is 2.16. The molecule has 0 spiro atoms. The number of pyridine rings is 2. The molecule has 20 heavy (non-hydrogen) atoms. The molecule has 5 heteroatoms. The van der Waals surface area contributed by atoms with Crippen LogP contribution in [0.2, 0.25) is 0 Å². The Morgan fingerprint density at radius 1 is 1.40 bits per heavy atom. The number of rotatable bonds is 5. The minimum atomic E-state index is 0.0291. The van der Waals surface area contributed by atoms with Crippen molar-refractivity contribution in [2.24, 2.45) is 0 Å². The lowest BCUT2D eigenvalue weighted by molar-refractivity contribution is 0.746. The quantitative estimate of drug-likeness (QED) is 0.912. The number of aromatic nitrogens is 2. The molecule has 0 aliphatic carbocycles. The van der Waals surface area contributed by atoms with E-state index in [0.29, 0.717) is 6.54 Å². The molecule has 0 bridgehead atoms. The smallest absolute Gasteiger partial charge is 0.253 e. The van der Waals surface area contributed by atoms with Crippen LogP contribution in [0.1, 0.15) is 24.5 Å². The molecule has 0 unspecified atom stereocenters. The Bertz CT molecular complexity index is 635. The van der Waals surface area contributed by atoms with Crippen LogP contribution in [0.5, 0.6) is 0 Å². The van der Waals surface area contributed by atoms with Crippen LogP contribution in [0, 0.1) is 6.92 Å². The van der Waals surface area contributed by atoms with Crippen molar-refractivity contribution < 1.29 is 0 Å². The molecule has 0 radical (unpaired) electrons. The molecule has 4 nitrogen and oxygen atoms in total. The fourth-order valence-electron chi connectivity index (χ4n) is 1.93. The van der Waals surface area contributed by atoms with Crippen LogP contribution in [0.4, 0.5) is 5.82 Å². The highest BCUT2D eigenvalue weighted by atomic mass is 79.9. The Morgan fingerprint density at radius 3 is 2.85 bits per heavy atom. The average Bonchev–Trinajstić information content (AvgIpc) is 2.43. The zero-order valence-corrected chi connectivity index (χ0v) is 13.3. The van der Waals surface area contributed by atoms with Gasteiger partial charge in [-0.05, 0) is 47.0 Å². The molecule has 1 N–H and O–H groups in total. The van der Waals surface area contributed by atoms with Crippen molar-refractivity contribution >= 4 is 21.7 Å². The maximum atomic E-state index is 12.0. The van der Waals surface area contributed by atoms with Gasteiger partial charge in [-0.1, -0.05) is 13.0 Å². The van der Waals surface area contributed by atoms with Crippen molar-refractivity contribution in [3.8, 4) is 0 Å². The second-order valence-electron chi connectivity index (χ2n) is 4.75. The van der Waals surface area contributed by atoms with Crippen LogP contribution in [0.25, 0.3) is 0 Å². The van der Waals surface area contributed by atoms with Gasteiger partial charge in [-0.25, -0.2) is 4.98 Å². The molecule has 2 rings (SSSR count). The van der Waals surface area contributed by atoms with Crippen molar-refractivity contribution in [3.05, 3.63) is 56.5 Å². The number of aryl methyl sites for hydroxylation is 1. The molecule has 2 aromatic heterocycles. The number of nitrogens with zero attached hydrogens (tertiary/aromatic N) is 2. The lowest BCUT2D eigenvalue weighted by atomic mass is 10.2. The van der Waals surface area contributed by atoms with Gasteiger partial charge in [0.15, 0.2) is 0 Å². The highest BCUT2D eigenvalue weighted by Gasteiger charge is 2.03. The van der Waals surface area contributed by atoms with E-state index in [1.807, 2.05) is 25.1 Å². The van der Waals surface area contributed by atoms with Crippen molar-refractivity contribution in [2.45, 2.75) is 26.8 Å². The second-order valence-corrected chi connectivity index (χ2v) is 5.67. The topological polar surface area (TPSA) is 46.9 Å². The van der Waals surface area contributed by atoms with Crippen LogP contribution in [-0.4, -0.2) is 16.1 Å². The normalized spacial score (nSPS) is 10.6. The largest absolute Gasteiger partial charge is 0.370 e. The van der Waals surface area contributed by atoms with Crippen molar-refractivity contribution in [3.63, 3.8) is 0 Å². The third-order valence-electron chi connectivity index (χ3n) is 2.97. The molecule has 0 aromatic carbocycles. The van der Waals surface area contributed by atoms with Crippen LogP contribution < -0.4 is 10.9 Å². The second kappa shape index (κ2) is 6.70. The van der Waals surface area contributed by atoms with E-state index >= 15 is 0 Å². The lowest BCUT2D eigenvalue weighted by Gasteiger charge is -2.09. The fourth-order valence-corrected chi connectivity index (χ4v) is 2.52. The maximum Gasteiger partial charge on any atom is 0.253 e. The first kappa shape index (κ1) is 14.8. The van der Waals surface area contributed by atoms with Crippen LogP contribution >= 0.6 is 15.9 Å². The Morgan fingerprint density at radius 2 is 2.20 bits per heavy atom. The Hall–Kier alpha value is -1.62. The Labute approximate surface area is 127 Å². The summed E-state index contributed by atoms with van der Waals surface area (Å²) < 4.78 is 2.60. The summed E-state index contributed by atoms with van der Waals surface area (Å²) in [5, 5.41) is 3.23. The maximum absolute atomic E-state index is 12.0. The van der Waals surface area contributed by atoms with Gasteiger partial charge in [0.05, 0.1) is 6.54 Å². The van der Waals surface area contributed by atoms with Gasteiger partial charge in [0.2, 0.25) is 0 Å². The summed E-state index contributed by atoms with van der Waals surface area (Å²) in [7, 11) is 0. The number of anilines is 1. The van der Waals surface area contributed by atoms with Gasteiger partial charge < -0.3 is 9.88 Å². The third kappa shape index (κ3) is 3.70. The predicted octanol–water partition coefficient (Wildman–Crippen LogP) is 3.18. The fraction of sp³-hybridized carbons (Fsp3) is 0.333.